The first-order valence-corrected chi connectivity index (χ1v) is 11.5. The van der Waals surface area contributed by atoms with Crippen molar-refractivity contribution in [1.29, 1.82) is 0 Å². The van der Waals surface area contributed by atoms with Crippen LogP contribution in [0.1, 0.15) is 26.7 Å². The van der Waals surface area contributed by atoms with Gasteiger partial charge in [-0.3, -0.25) is 13.9 Å². The Morgan fingerprint density at radius 2 is 1.63 bits per heavy atom. The Morgan fingerprint density at radius 1 is 1.03 bits per heavy atom. The van der Waals surface area contributed by atoms with Gasteiger partial charge in [0.05, 0.1) is 11.4 Å². The van der Waals surface area contributed by atoms with Crippen molar-refractivity contribution in [3.63, 3.8) is 0 Å². The summed E-state index contributed by atoms with van der Waals surface area (Å²) in [5.74, 6) is -0.470. The Balaban J connectivity index is 1.82. The number of carbonyl (C=O) groups is 2. The molecule has 0 aliphatic carbocycles. The van der Waals surface area contributed by atoms with Crippen LogP contribution < -0.4 is 9.62 Å². The van der Waals surface area contributed by atoms with Gasteiger partial charge in [0.25, 0.3) is 10.0 Å². The van der Waals surface area contributed by atoms with Crippen molar-refractivity contribution in [3.8, 4) is 0 Å². The summed E-state index contributed by atoms with van der Waals surface area (Å²) in [6.45, 7) is 4.62. The number of hydrogen-bond donors (Lipinski definition) is 1. The van der Waals surface area contributed by atoms with Crippen molar-refractivity contribution in [3.05, 3.63) is 54.6 Å². The van der Waals surface area contributed by atoms with Crippen LogP contribution in [-0.2, 0) is 19.6 Å². The molecular formula is C22H27N3O4S. The van der Waals surface area contributed by atoms with Crippen molar-refractivity contribution < 1.29 is 18.0 Å². The number of sulfonamides is 1. The molecule has 7 nitrogen and oxygen atoms in total. The van der Waals surface area contributed by atoms with Gasteiger partial charge in [-0.05, 0) is 44.0 Å². The molecular weight excluding hydrogens is 402 g/mol. The van der Waals surface area contributed by atoms with E-state index in [1.165, 1.54) is 17.3 Å². The van der Waals surface area contributed by atoms with Crippen LogP contribution in [0.5, 0.6) is 0 Å². The van der Waals surface area contributed by atoms with E-state index in [0.29, 0.717) is 31.6 Å². The normalized spacial score (nSPS) is 14.9. The Hall–Kier alpha value is -2.87. The number of nitrogens with zero attached hydrogens (tertiary/aromatic N) is 2. The molecule has 0 unspecified atom stereocenters. The SMILES string of the molecule is CCN(c1ccccc1)S(=O)(=O)c1ccccc1NC(=O)C1CCN(C(C)=O)CC1. The van der Waals surface area contributed by atoms with E-state index in [1.54, 1.807) is 54.3 Å². The largest absolute Gasteiger partial charge is 0.343 e. The summed E-state index contributed by atoms with van der Waals surface area (Å²) < 4.78 is 28.1. The van der Waals surface area contributed by atoms with Crippen LogP contribution in [0, 0.1) is 5.92 Å². The van der Waals surface area contributed by atoms with Gasteiger partial charge >= 0.3 is 0 Å². The van der Waals surface area contributed by atoms with Gasteiger partial charge in [0.15, 0.2) is 0 Å². The summed E-state index contributed by atoms with van der Waals surface area (Å²) in [6, 6.07) is 15.3. The fraction of sp³-hybridized carbons (Fsp3) is 0.364. The zero-order valence-electron chi connectivity index (χ0n) is 17.2. The van der Waals surface area contributed by atoms with Gasteiger partial charge in [-0.15, -0.1) is 0 Å². The Labute approximate surface area is 177 Å². The number of nitrogens with one attached hydrogen (secondary N) is 1. The molecule has 160 valence electrons. The monoisotopic (exact) mass is 429 g/mol. The van der Waals surface area contributed by atoms with E-state index in [-0.39, 0.29) is 34.9 Å². The number of amides is 2. The van der Waals surface area contributed by atoms with Gasteiger partial charge < -0.3 is 10.2 Å². The van der Waals surface area contributed by atoms with Crippen LogP contribution in [0.25, 0.3) is 0 Å². The molecule has 3 rings (SSSR count). The second-order valence-electron chi connectivity index (χ2n) is 7.27. The van der Waals surface area contributed by atoms with Crippen molar-refractivity contribution in [1.82, 2.24) is 4.90 Å². The second kappa shape index (κ2) is 9.30. The van der Waals surface area contributed by atoms with E-state index in [4.69, 9.17) is 0 Å². The molecule has 8 heteroatoms. The van der Waals surface area contributed by atoms with Gasteiger partial charge in [0.1, 0.15) is 4.90 Å². The lowest BCUT2D eigenvalue weighted by atomic mass is 9.96. The van der Waals surface area contributed by atoms with Crippen molar-refractivity contribution in [2.45, 2.75) is 31.6 Å². The summed E-state index contributed by atoms with van der Waals surface area (Å²) in [5, 5.41) is 2.81. The third kappa shape index (κ3) is 4.64. The molecule has 2 aromatic carbocycles. The summed E-state index contributed by atoms with van der Waals surface area (Å²) in [4.78, 5) is 26.1. The topological polar surface area (TPSA) is 86.8 Å². The zero-order valence-corrected chi connectivity index (χ0v) is 18.1. The van der Waals surface area contributed by atoms with Gasteiger partial charge in [-0.25, -0.2) is 8.42 Å². The minimum atomic E-state index is -3.87. The predicted molar refractivity (Wildman–Crippen MR) is 117 cm³/mol. The minimum absolute atomic E-state index is 0.00543. The lowest BCUT2D eigenvalue weighted by molar-refractivity contribution is -0.132. The van der Waals surface area contributed by atoms with Crippen LogP contribution in [0.4, 0.5) is 11.4 Å². The highest BCUT2D eigenvalue weighted by atomic mass is 32.2. The Morgan fingerprint density at radius 3 is 2.23 bits per heavy atom. The molecule has 1 saturated heterocycles. The fourth-order valence-corrected chi connectivity index (χ4v) is 5.31. The molecule has 0 spiro atoms. The van der Waals surface area contributed by atoms with Crippen LogP contribution in [0.2, 0.25) is 0 Å². The summed E-state index contributed by atoms with van der Waals surface area (Å²) >= 11 is 0. The van der Waals surface area contributed by atoms with Crippen LogP contribution >= 0.6 is 0 Å². The molecule has 0 aromatic heterocycles. The number of anilines is 2. The second-order valence-corrected chi connectivity index (χ2v) is 9.10. The third-order valence-corrected chi connectivity index (χ3v) is 7.32. The molecule has 1 N–H and O–H groups in total. The van der Waals surface area contributed by atoms with E-state index in [9.17, 15) is 18.0 Å². The quantitative estimate of drug-likeness (QED) is 0.764. The smallest absolute Gasteiger partial charge is 0.266 e. The van der Waals surface area contributed by atoms with Gasteiger partial charge in [0.2, 0.25) is 11.8 Å². The van der Waals surface area contributed by atoms with Crippen LogP contribution in [0.15, 0.2) is 59.5 Å². The van der Waals surface area contributed by atoms with E-state index < -0.39 is 10.0 Å². The average Bonchev–Trinajstić information content (AvgIpc) is 2.75. The number of benzene rings is 2. The Bertz CT molecular complexity index is 1000. The molecule has 30 heavy (non-hydrogen) atoms. The maximum Gasteiger partial charge on any atom is 0.266 e. The van der Waals surface area contributed by atoms with Crippen LogP contribution in [0.3, 0.4) is 0 Å². The number of para-hydroxylation sites is 2. The molecule has 2 amide bonds. The fourth-order valence-electron chi connectivity index (χ4n) is 3.69. The first-order chi connectivity index (χ1) is 14.3. The Kier molecular flexibility index (Phi) is 6.77. The lowest BCUT2D eigenvalue weighted by Gasteiger charge is -2.30. The molecule has 0 saturated carbocycles. The van der Waals surface area contributed by atoms with E-state index >= 15 is 0 Å². The van der Waals surface area contributed by atoms with Crippen molar-refractivity contribution in [2.75, 3.05) is 29.3 Å². The molecule has 0 radical (unpaired) electrons. The highest BCUT2D eigenvalue weighted by molar-refractivity contribution is 7.93. The molecule has 1 fully saturated rings. The maximum atomic E-state index is 13.4. The number of likely N-dealkylation sites (tertiary alicyclic amines) is 1. The molecule has 1 aliphatic heterocycles. The number of piperidine rings is 1. The first kappa shape index (κ1) is 21.8. The number of carbonyl (C=O) groups excluding carboxylic acids is 2. The van der Waals surface area contributed by atoms with E-state index in [1.807, 2.05) is 6.07 Å². The highest BCUT2D eigenvalue weighted by Crippen LogP contribution is 2.29. The van der Waals surface area contributed by atoms with Gasteiger partial charge in [-0.1, -0.05) is 30.3 Å². The summed E-state index contributed by atoms with van der Waals surface area (Å²) in [6.07, 6.45) is 1.12. The molecule has 1 heterocycles. The minimum Gasteiger partial charge on any atom is -0.343 e. The van der Waals surface area contributed by atoms with Gasteiger partial charge in [-0.2, -0.15) is 0 Å². The number of rotatable bonds is 6. The predicted octanol–water partition coefficient (Wildman–Crippen LogP) is 3.10. The standard InChI is InChI=1S/C22H27N3O4S/c1-3-25(19-9-5-4-6-10-19)30(28,29)21-12-8-7-11-20(21)23-22(27)18-13-15-24(16-14-18)17(2)26/h4-12,18H,3,13-16H2,1-2H3,(H,23,27). The maximum absolute atomic E-state index is 13.4. The molecule has 0 atom stereocenters. The van der Waals surface area contributed by atoms with E-state index in [0.717, 1.165) is 0 Å². The summed E-state index contributed by atoms with van der Waals surface area (Å²) in [5.41, 5.74) is 0.837. The molecule has 1 aliphatic rings. The van der Waals surface area contributed by atoms with Crippen LogP contribution in [-0.4, -0.2) is 44.8 Å². The van der Waals surface area contributed by atoms with E-state index in [2.05, 4.69) is 5.32 Å². The van der Waals surface area contributed by atoms with Crippen molar-refractivity contribution in [2.24, 2.45) is 5.92 Å². The first-order valence-electron chi connectivity index (χ1n) is 10.1. The highest BCUT2D eigenvalue weighted by Gasteiger charge is 2.29. The van der Waals surface area contributed by atoms with Gasteiger partial charge in [0, 0.05) is 32.5 Å². The summed E-state index contributed by atoms with van der Waals surface area (Å²) in [7, 11) is -3.87. The molecule has 2 aromatic rings. The van der Waals surface area contributed by atoms with Crippen molar-refractivity contribution >= 4 is 33.2 Å². The zero-order chi connectivity index (χ0) is 21.7. The number of hydrogen-bond acceptors (Lipinski definition) is 4. The molecule has 0 bridgehead atoms. The average molecular weight is 430 g/mol. The lowest BCUT2D eigenvalue weighted by Crippen LogP contribution is -2.40. The third-order valence-electron chi connectivity index (χ3n) is 5.36.